The van der Waals surface area contributed by atoms with Gasteiger partial charge in [-0.15, -0.1) is 0 Å². The normalized spacial score (nSPS) is 14.2. The Hall–Kier alpha value is 1.46. The van der Waals surface area contributed by atoms with Gasteiger partial charge in [-0.3, -0.25) is 0 Å². The molecule has 0 rings (SSSR count). The summed E-state index contributed by atoms with van der Waals surface area (Å²) in [5.41, 5.74) is 0. The Morgan fingerprint density at radius 2 is 1.25 bits per heavy atom. The van der Waals surface area contributed by atoms with Crippen molar-refractivity contribution in [1.29, 1.82) is 0 Å². The molecular weight excluding hydrogens is 295 g/mol. The van der Waals surface area contributed by atoms with Crippen LogP contribution in [-0.4, -0.2) is 7.72 Å². The van der Waals surface area contributed by atoms with E-state index in [2.05, 4.69) is 11.6 Å². The summed E-state index contributed by atoms with van der Waals surface area (Å²) < 4.78 is 21.2. The van der Waals surface area contributed by atoms with Crippen molar-refractivity contribution in [3.05, 3.63) is 0 Å². The van der Waals surface area contributed by atoms with Gasteiger partial charge in [0, 0.05) is 0 Å². The molecule has 0 radical (unpaired) electrons. The maximum atomic E-state index is 11.7. The predicted molar refractivity (Wildman–Crippen MR) is 39.3 cm³/mol. The van der Waals surface area contributed by atoms with Crippen LogP contribution in [0.2, 0.25) is 0 Å². The molecule has 0 unspecified atom stereocenters. The zero-order valence-corrected chi connectivity index (χ0v) is 7.69. The molecule has 0 saturated carbocycles. The van der Waals surface area contributed by atoms with Gasteiger partial charge in [-0.2, -0.15) is 8.78 Å². The second-order valence-electron chi connectivity index (χ2n) is 0.996. The lowest BCUT2D eigenvalue weighted by atomic mass is 10.8. The van der Waals surface area contributed by atoms with E-state index in [1.165, 1.54) is 0 Å². The van der Waals surface area contributed by atoms with Crippen molar-refractivity contribution in [3.8, 4) is 0 Å². The molecule has 0 amide bonds. The average Bonchev–Trinajstić information content (AvgIpc) is 1.25. The van der Waals surface area contributed by atoms with Gasteiger partial charge in [0.15, 0.2) is 0 Å². The van der Waals surface area contributed by atoms with Crippen LogP contribution in [-0.2, 0) is 0 Å². The largest absolute Gasteiger partial charge is 0.363 e. The van der Waals surface area contributed by atoms with Crippen LogP contribution in [0.3, 0.4) is 0 Å². The quantitative estimate of drug-likeness (QED) is 0.514. The van der Waals surface area contributed by atoms with Crippen LogP contribution in [0.5, 0.6) is 0 Å². The predicted octanol–water partition coefficient (Wildman–Crippen LogP) is 3.38. The van der Waals surface area contributed by atoms with E-state index in [0.717, 1.165) is 22.6 Å². The molecule has 0 N–H and O–H groups in total. The minimum atomic E-state index is -3.57. The monoisotopic (exact) mass is 294 g/mol. The van der Waals surface area contributed by atoms with E-state index in [9.17, 15) is 8.78 Å². The van der Waals surface area contributed by atoms with Crippen LogP contribution < -0.4 is 0 Å². The number of hydrogen-bond acceptors (Lipinski definition) is 0. The second-order valence-corrected chi connectivity index (χ2v) is 5.69. The van der Waals surface area contributed by atoms with Crippen LogP contribution >= 0.6 is 57.4 Å². The van der Waals surface area contributed by atoms with Gasteiger partial charge in [0.1, 0.15) is 0 Å². The third kappa shape index (κ3) is 2.85. The van der Waals surface area contributed by atoms with Crippen molar-refractivity contribution in [3.63, 3.8) is 0 Å². The molecule has 0 fully saturated rings. The molecule has 0 aromatic rings. The maximum absolute atomic E-state index is 11.7. The Morgan fingerprint density at radius 1 is 1.12 bits per heavy atom. The molecule has 0 bridgehead atoms. The first-order chi connectivity index (χ1) is 3.25. The molecule has 0 aliphatic rings. The fourth-order valence-electron chi connectivity index (χ4n) is 0. The standard InChI is InChI=1S/C2Cl3F2I/c3-1(4,8)2(5,6)7. The second kappa shape index (κ2) is 2.60. The van der Waals surface area contributed by atoms with Gasteiger partial charge in [-0.05, 0) is 34.2 Å². The highest BCUT2D eigenvalue weighted by Crippen LogP contribution is 2.46. The van der Waals surface area contributed by atoms with Gasteiger partial charge in [-0.25, -0.2) is 0 Å². The molecule has 50 valence electrons. The van der Waals surface area contributed by atoms with Crippen LogP contribution in [0, 0.1) is 0 Å². The summed E-state index contributed by atoms with van der Waals surface area (Å²) >= 11 is 15.3. The van der Waals surface area contributed by atoms with Crippen molar-refractivity contribution in [1.82, 2.24) is 0 Å². The van der Waals surface area contributed by atoms with Gasteiger partial charge < -0.3 is 0 Å². The van der Waals surface area contributed by atoms with Gasteiger partial charge in [0.05, 0.1) is 0 Å². The average molecular weight is 295 g/mol. The highest BCUT2D eigenvalue weighted by Gasteiger charge is 2.47. The van der Waals surface area contributed by atoms with Gasteiger partial charge in [0.2, 0.25) is 2.34 Å². The SMILES string of the molecule is FC(F)(Cl)C(Cl)(Cl)I. The summed E-state index contributed by atoms with van der Waals surface area (Å²) in [7, 11) is 0. The Bertz CT molecular complexity index is 70.3. The van der Waals surface area contributed by atoms with Gasteiger partial charge in [-0.1, -0.05) is 23.2 Å². The molecule has 0 aromatic carbocycles. The zero-order chi connectivity index (χ0) is 7.00. The van der Waals surface area contributed by atoms with E-state index < -0.39 is 7.72 Å². The molecule has 8 heavy (non-hydrogen) atoms. The number of hydrogen-bond donors (Lipinski definition) is 0. The molecule has 0 spiro atoms. The summed E-state index contributed by atoms with van der Waals surface area (Å²) in [6.45, 7) is 0. The lowest BCUT2D eigenvalue weighted by molar-refractivity contribution is 0.108. The third-order valence-corrected chi connectivity index (χ3v) is 2.27. The van der Waals surface area contributed by atoms with Crippen molar-refractivity contribution in [2.24, 2.45) is 0 Å². The van der Waals surface area contributed by atoms with Crippen molar-refractivity contribution in [2.75, 3.05) is 0 Å². The van der Waals surface area contributed by atoms with Crippen LogP contribution in [0.1, 0.15) is 0 Å². The molecule has 0 aliphatic carbocycles. The molecule has 0 nitrogen and oxygen atoms in total. The minimum absolute atomic E-state index is 1.13. The summed E-state index contributed by atoms with van der Waals surface area (Å²) in [6, 6.07) is 0. The van der Waals surface area contributed by atoms with Crippen molar-refractivity contribution < 1.29 is 8.78 Å². The van der Waals surface area contributed by atoms with E-state index in [0.29, 0.717) is 0 Å². The summed E-state index contributed by atoms with van der Waals surface area (Å²) in [4.78, 5) is 0. The summed E-state index contributed by atoms with van der Waals surface area (Å²) in [5.74, 6) is 0. The Morgan fingerprint density at radius 3 is 1.25 bits per heavy atom. The lowest BCUT2D eigenvalue weighted by Crippen LogP contribution is -2.25. The van der Waals surface area contributed by atoms with Gasteiger partial charge in [0.25, 0.3) is 0 Å². The fourth-order valence-corrected chi connectivity index (χ4v) is 0. The van der Waals surface area contributed by atoms with E-state index in [4.69, 9.17) is 23.2 Å². The fraction of sp³-hybridized carbons (Fsp3) is 1.00. The molecule has 0 heterocycles. The molecule has 0 atom stereocenters. The lowest BCUT2D eigenvalue weighted by Gasteiger charge is -2.16. The topological polar surface area (TPSA) is 0 Å². The maximum Gasteiger partial charge on any atom is 0.363 e. The smallest absolute Gasteiger partial charge is 0.184 e. The van der Waals surface area contributed by atoms with E-state index in [1.807, 2.05) is 0 Å². The summed E-state index contributed by atoms with van der Waals surface area (Å²) in [6.07, 6.45) is 0. The molecule has 6 heteroatoms. The van der Waals surface area contributed by atoms with Crippen LogP contribution in [0.15, 0.2) is 0 Å². The number of halogens is 6. The highest BCUT2D eigenvalue weighted by atomic mass is 127. The van der Waals surface area contributed by atoms with Crippen molar-refractivity contribution >= 4 is 57.4 Å². The summed E-state index contributed by atoms with van der Waals surface area (Å²) in [5, 5.41) is -3.57. The number of alkyl halides is 6. The zero-order valence-electron chi connectivity index (χ0n) is 3.27. The molecule has 0 aliphatic heterocycles. The first-order valence-corrected chi connectivity index (χ1v) is 3.60. The van der Waals surface area contributed by atoms with Crippen LogP contribution in [0.25, 0.3) is 0 Å². The highest BCUT2D eigenvalue weighted by molar-refractivity contribution is 14.1. The van der Waals surface area contributed by atoms with Gasteiger partial charge >= 0.3 is 5.38 Å². The number of rotatable bonds is 1. The van der Waals surface area contributed by atoms with E-state index in [1.54, 1.807) is 0 Å². The minimum Gasteiger partial charge on any atom is -0.184 e. The molecule has 0 aromatic heterocycles. The van der Waals surface area contributed by atoms with E-state index >= 15 is 0 Å². The van der Waals surface area contributed by atoms with Crippen molar-refractivity contribution in [2.45, 2.75) is 7.72 Å². The van der Waals surface area contributed by atoms with Crippen LogP contribution in [0.4, 0.5) is 8.78 Å². The first kappa shape index (κ1) is 9.46. The Kier molecular flexibility index (Phi) is 3.07. The first-order valence-electron chi connectivity index (χ1n) is 1.38. The third-order valence-electron chi connectivity index (χ3n) is 0.321. The molecule has 0 saturated heterocycles. The Balaban J connectivity index is 4.02. The Labute approximate surface area is 73.6 Å². The van der Waals surface area contributed by atoms with E-state index in [-0.39, 0.29) is 0 Å². The molecular formula is C2Cl3F2I.